The van der Waals surface area contributed by atoms with Gasteiger partial charge in [-0.1, -0.05) is 12.1 Å². The van der Waals surface area contributed by atoms with Crippen LogP contribution in [0.15, 0.2) is 41.5 Å². The molecule has 0 radical (unpaired) electrons. The van der Waals surface area contributed by atoms with Crippen LogP contribution in [0.4, 0.5) is 0 Å². The van der Waals surface area contributed by atoms with Gasteiger partial charge < -0.3 is 15.5 Å². The molecule has 5 nitrogen and oxygen atoms in total. The molecule has 1 heterocycles. The molecule has 1 aromatic carbocycles. The van der Waals surface area contributed by atoms with Crippen LogP contribution in [0.2, 0.25) is 0 Å². The molecule has 0 spiro atoms. The Hall–Kier alpha value is -2.14. The summed E-state index contributed by atoms with van der Waals surface area (Å²) in [5.74, 6) is 0.619. The Morgan fingerprint density at radius 2 is 2.06 bits per heavy atom. The molecule has 0 saturated heterocycles. The van der Waals surface area contributed by atoms with Crippen LogP contribution in [-0.2, 0) is 6.42 Å². The molecule has 0 aliphatic heterocycles. The van der Waals surface area contributed by atoms with Crippen molar-refractivity contribution < 1.29 is 4.74 Å². The number of hydrogen-bond acceptors (Lipinski definition) is 4. The number of rotatable bonds is 4. The first-order valence-electron chi connectivity index (χ1n) is 5.30. The van der Waals surface area contributed by atoms with Crippen LogP contribution in [0.5, 0.6) is 11.6 Å². The van der Waals surface area contributed by atoms with E-state index in [2.05, 4.69) is 9.97 Å². The summed E-state index contributed by atoms with van der Waals surface area (Å²) in [6.45, 7) is 0.611. The third-order valence-corrected chi connectivity index (χ3v) is 2.25. The van der Waals surface area contributed by atoms with Gasteiger partial charge in [0.15, 0.2) is 0 Å². The number of nitrogens with zero attached hydrogens (tertiary/aromatic N) is 1. The highest BCUT2D eigenvalue weighted by atomic mass is 16.5. The minimum atomic E-state index is -0.349. The highest BCUT2D eigenvalue weighted by Crippen LogP contribution is 2.16. The molecule has 0 saturated carbocycles. The summed E-state index contributed by atoms with van der Waals surface area (Å²) >= 11 is 0. The Labute approximate surface area is 98.3 Å². The molecule has 88 valence electrons. The molecule has 0 atom stereocenters. The van der Waals surface area contributed by atoms with E-state index in [1.54, 1.807) is 12.1 Å². The van der Waals surface area contributed by atoms with Gasteiger partial charge in [0.05, 0.1) is 0 Å². The molecule has 0 unspecified atom stereocenters. The summed E-state index contributed by atoms with van der Waals surface area (Å²) in [5.41, 5.74) is 6.24. The Morgan fingerprint density at radius 3 is 2.71 bits per heavy atom. The molecule has 2 rings (SSSR count). The first-order chi connectivity index (χ1) is 8.29. The van der Waals surface area contributed by atoms with Crippen LogP contribution < -0.4 is 16.0 Å². The fourth-order valence-electron chi connectivity index (χ4n) is 1.41. The van der Waals surface area contributed by atoms with Gasteiger partial charge >= 0.3 is 5.56 Å². The van der Waals surface area contributed by atoms with Gasteiger partial charge in [0.2, 0.25) is 0 Å². The van der Waals surface area contributed by atoms with E-state index in [-0.39, 0.29) is 11.4 Å². The maximum atomic E-state index is 11.3. The summed E-state index contributed by atoms with van der Waals surface area (Å²) in [4.78, 5) is 17.7. The monoisotopic (exact) mass is 231 g/mol. The molecule has 2 aromatic rings. The minimum absolute atomic E-state index is 0.0408. The lowest BCUT2D eigenvalue weighted by Crippen LogP contribution is -2.09. The van der Waals surface area contributed by atoms with Crippen molar-refractivity contribution in [3.8, 4) is 11.6 Å². The van der Waals surface area contributed by atoms with Crippen molar-refractivity contribution in [1.82, 2.24) is 9.97 Å². The second-order valence-electron chi connectivity index (χ2n) is 3.51. The van der Waals surface area contributed by atoms with E-state index in [1.807, 2.05) is 12.1 Å². The van der Waals surface area contributed by atoms with Gasteiger partial charge in [-0.3, -0.25) is 4.79 Å². The molecule has 0 aliphatic carbocycles. The molecule has 0 amide bonds. The number of ether oxygens (including phenoxy) is 1. The van der Waals surface area contributed by atoms with Crippen molar-refractivity contribution in [2.75, 3.05) is 6.54 Å². The van der Waals surface area contributed by atoms with E-state index < -0.39 is 0 Å². The van der Waals surface area contributed by atoms with Gasteiger partial charge in [-0.05, 0) is 30.7 Å². The van der Waals surface area contributed by atoms with Crippen LogP contribution >= 0.6 is 0 Å². The zero-order valence-corrected chi connectivity index (χ0v) is 9.22. The summed E-state index contributed by atoms with van der Waals surface area (Å²) in [6, 6.07) is 7.41. The van der Waals surface area contributed by atoms with E-state index in [9.17, 15) is 4.79 Å². The highest BCUT2D eigenvalue weighted by molar-refractivity contribution is 5.30. The smallest absolute Gasteiger partial charge is 0.311 e. The molecular weight excluding hydrogens is 218 g/mol. The lowest BCUT2D eigenvalue weighted by molar-refractivity contribution is 0.454. The molecular formula is C12H13N3O2. The molecule has 0 aliphatic rings. The number of aromatic amines is 1. The summed E-state index contributed by atoms with van der Waals surface area (Å²) < 4.78 is 5.36. The molecule has 5 heteroatoms. The average Bonchev–Trinajstić information content (AvgIpc) is 2.35. The maximum absolute atomic E-state index is 11.3. The van der Waals surface area contributed by atoms with Crippen LogP contribution in [-0.4, -0.2) is 16.5 Å². The fourth-order valence-corrected chi connectivity index (χ4v) is 1.41. The largest absolute Gasteiger partial charge is 0.435 e. The third kappa shape index (κ3) is 2.92. The van der Waals surface area contributed by atoms with Gasteiger partial charge in [0, 0.05) is 12.4 Å². The van der Waals surface area contributed by atoms with Gasteiger partial charge in [-0.2, -0.15) is 0 Å². The van der Waals surface area contributed by atoms with Crippen molar-refractivity contribution >= 4 is 0 Å². The predicted octanol–water partition coefficient (Wildman–Crippen LogP) is 1.06. The number of aromatic nitrogens is 2. The summed E-state index contributed by atoms with van der Waals surface area (Å²) in [6.07, 6.45) is 3.75. The standard InChI is InChI=1S/C12H13N3O2/c13-6-5-9-1-3-10(4-2-9)17-12-11(16)14-7-8-15-12/h1-4,7-8H,5-6,13H2,(H,14,16). The Kier molecular flexibility index (Phi) is 3.52. The highest BCUT2D eigenvalue weighted by Gasteiger charge is 2.02. The Balaban J connectivity index is 2.14. The van der Waals surface area contributed by atoms with Crippen molar-refractivity contribution in [3.63, 3.8) is 0 Å². The topological polar surface area (TPSA) is 81.0 Å². The molecule has 1 aromatic heterocycles. The van der Waals surface area contributed by atoms with Crippen LogP contribution in [0.25, 0.3) is 0 Å². The van der Waals surface area contributed by atoms with Gasteiger partial charge in [0.25, 0.3) is 5.88 Å². The number of hydrogen-bond donors (Lipinski definition) is 2. The number of benzene rings is 1. The van der Waals surface area contributed by atoms with Crippen molar-refractivity contribution in [1.29, 1.82) is 0 Å². The summed E-state index contributed by atoms with van der Waals surface area (Å²) in [5, 5.41) is 0. The van der Waals surface area contributed by atoms with Crippen LogP contribution in [0.1, 0.15) is 5.56 Å². The van der Waals surface area contributed by atoms with E-state index in [4.69, 9.17) is 10.5 Å². The van der Waals surface area contributed by atoms with E-state index in [0.717, 1.165) is 12.0 Å². The lowest BCUT2D eigenvalue weighted by Gasteiger charge is -2.04. The van der Waals surface area contributed by atoms with E-state index >= 15 is 0 Å². The molecule has 0 bridgehead atoms. The zero-order valence-electron chi connectivity index (χ0n) is 9.22. The van der Waals surface area contributed by atoms with Crippen molar-refractivity contribution in [2.45, 2.75) is 6.42 Å². The van der Waals surface area contributed by atoms with Crippen LogP contribution in [0, 0.1) is 0 Å². The minimum Gasteiger partial charge on any atom is -0.435 e. The molecule has 3 N–H and O–H groups in total. The molecule has 17 heavy (non-hydrogen) atoms. The maximum Gasteiger partial charge on any atom is 0.311 e. The first kappa shape index (κ1) is 11.3. The van der Waals surface area contributed by atoms with E-state index in [1.165, 1.54) is 12.4 Å². The average molecular weight is 231 g/mol. The normalized spacial score (nSPS) is 10.2. The van der Waals surface area contributed by atoms with Crippen LogP contribution in [0.3, 0.4) is 0 Å². The third-order valence-electron chi connectivity index (χ3n) is 2.25. The first-order valence-corrected chi connectivity index (χ1v) is 5.30. The van der Waals surface area contributed by atoms with Crippen molar-refractivity contribution in [3.05, 3.63) is 52.6 Å². The Bertz CT molecular complexity index is 534. The van der Waals surface area contributed by atoms with Gasteiger partial charge in [-0.25, -0.2) is 4.98 Å². The quantitative estimate of drug-likeness (QED) is 0.824. The predicted molar refractivity (Wildman–Crippen MR) is 64.1 cm³/mol. The lowest BCUT2D eigenvalue weighted by atomic mass is 10.1. The number of H-pyrrole nitrogens is 1. The number of nitrogens with two attached hydrogens (primary N) is 1. The SMILES string of the molecule is NCCc1ccc(Oc2ncc[nH]c2=O)cc1. The number of nitrogens with one attached hydrogen (secondary N) is 1. The second-order valence-corrected chi connectivity index (χ2v) is 3.51. The van der Waals surface area contributed by atoms with E-state index in [0.29, 0.717) is 12.3 Å². The second kappa shape index (κ2) is 5.27. The van der Waals surface area contributed by atoms with Gasteiger partial charge in [0.1, 0.15) is 5.75 Å². The van der Waals surface area contributed by atoms with Gasteiger partial charge in [-0.15, -0.1) is 0 Å². The molecule has 0 fully saturated rings. The summed E-state index contributed by atoms with van der Waals surface area (Å²) in [7, 11) is 0. The Morgan fingerprint density at radius 1 is 1.29 bits per heavy atom. The zero-order chi connectivity index (χ0) is 12.1. The van der Waals surface area contributed by atoms with Crippen molar-refractivity contribution in [2.24, 2.45) is 5.73 Å². The fraction of sp³-hybridized carbons (Fsp3) is 0.167.